The number of aliphatic hydroxyl groups is 1. The maximum absolute atomic E-state index is 12.2. The highest BCUT2D eigenvalue weighted by molar-refractivity contribution is 5.94. The predicted octanol–water partition coefficient (Wildman–Crippen LogP) is 0.742. The number of nitrogens with two attached hydrogens (primary N) is 1. The van der Waals surface area contributed by atoms with Gasteiger partial charge in [-0.15, -0.1) is 0 Å². The fourth-order valence-electron chi connectivity index (χ4n) is 2.13. The fourth-order valence-corrected chi connectivity index (χ4v) is 2.13. The fraction of sp³-hybridized carbons (Fsp3) is 0.462. The molecule has 2 rings (SSSR count). The molecule has 0 radical (unpaired) electrons. The highest BCUT2D eigenvalue weighted by Gasteiger charge is 2.34. The van der Waals surface area contributed by atoms with Crippen molar-refractivity contribution >= 4 is 5.91 Å². The average Bonchev–Trinajstić information content (AvgIpc) is 2.69. The average molecular weight is 234 g/mol. The van der Waals surface area contributed by atoms with Crippen LogP contribution in [0.15, 0.2) is 24.3 Å². The van der Waals surface area contributed by atoms with Crippen LogP contribution in [-0.4, -0.2) is 34.6 Å². The van der Waals surface area contributed by atoms with Gasteiger partial charge in [-0.3, -0.25) is 4.79 Å². The third kappa shape index (κ3) is 2.65. The Balaban J connectivity index is 2.15. The summed E-state index contributed by atoms with van der Waals surface area (Å²) >= 11 is 0. The molecule has 0 spiro atoms. The minimum absolute atomic E-state index is 0.0296. The SMILES string of the molecule is CC1(O)CCN(C(=O)c2cccc(CN)c2)C1. The van der Waals surface area contributed by atoms with Crippen molar-refractivity contribution in [3.05, 3.63) is 35.4 Å². The van der Waals surface area contributed by atoms with E-state index in [4.69, 9.17) is 5.73 Å². The summed E-state index contributed by atoms with van der Waals surface area (Å²) in [5.74, 6) is -0.0296. The minimum atomic E-state index is -0.749. The Morgan fingerprint density at radius 2 is 2.35 bits per heavy atom. The molecule has 1 heterocycles. The molecule has 0 bridgehead atoms. The molecule has 0 aliphatic carbocycles. The number of benzene rings is 1. The first kappa shape index (κ1) is 12.1. The van der Waals surface area contributed by atoms with Gasteiger partial charge in [-0.05, 0) is 31.0 Å². The number of hydrogen-bond donors (Lipinski definition) is 2. The molecule has 17 heavy (non-hydrogen) atoms. The predicted molar refractivity (Wildman–Crippen MR) is 65.5 cm³/mol. The summed E-state index contributed by atoms with van der Waals surface area (Å²) in [6, 6.07) is 7.34. The first-order valence-electron chi connectivity index (χ1n) is 5.82. The molecule has 4 heteroatoms. The van der Waals surface area contributed by atoms with Gasteiger partial charge in [0.25, 0.3) is 5.91 Å². The number of rotatable bonds is 2. The van der Waals surface area contributed by atoms with Gasteiger partial charge < -0.3 is 15.7 Å². The quantitative estimate of drug-likeness (QED) is 0.793. The highest BCUT2D eigenvalue weighted by atomic mass is 16.3. The Kier molecular flexibility index (Phi) is 3.17. The summed E-state index contributed by atoms with van der Waals surface area (Å²) in [4.78, 5) is 13.9. The number of nitrogens with zero attached hydrogens (tertiary/aromatic N) is 1. The lowest BCUT2D eigenvalue weighted by Crippen LogP contribution is -2.33. The summed E-state index contributed by atoms with van der Waals surface area (Å²) in [6.45, 7) is 3.20. The molecule has 4 nitrogen and oxygen atoms in total. The Morgan fingerprint density at radius 3 is 2.94 bits per heavy atom. The minimum Gasteiger partial charge on any atom is -0.388 e. The van der Waals surface area contributed by atoms with Crippen LogP contribution in [0.2, 0.25) is 0 Å². The first-order chi connectivity index (χ1) is 8.02. The molecule has 1 aliphatic rings. The van der Waals surface area contributed by atoms with E-state index in [1.165, 1.54) is 0 Å². The smallest absolute Gasteiger partial charge is 0.253 e. The van der Waals surface area contributed by atoms with Crippen molar-refractivity contribution in [2.75, 3.05) is 13.1 Å². The standard InChI is InChI=1S/C13H18N2O2/c1-13(17)5-6-15(9-13)12(16)11-4-2-3-10(7-11)8-14/h2-4,7,17H,5-6,8-9,14H2,1H3. The van der Waals surface area contributed by atoms with Crippen molar-refractivity contribution < 1.29 is 9.90 Å². The van der Waals surface area contributed by atoms with E-state index in [-0.39, 0.29) is 5.91 Å². The number of carbonyl (C=O) groups is 1. The van der Waals surface area contributed by atoms with Crippen LogP contribution in [0.1, 0.15) is 29.3 Å². The summed E-state index contributed by atoms with van der Waals surface area (Å²) in [7, 11) is 0. The number of hydrogen-bond acceptors (Lipinski definition) is 3. The van der Waals surface area contributed by atoms with Crippen LogP contribution in [-0.2, 0) is 6.54 Å². The lowest BCUT2D eigenvalue weighted by atomic mass is 10.1. The molecule has 3 N–H and O–H groups in total. The molecule has 1 fully saturated rings. The Bertz CT molecular complexity index is 429. The van der Waals surface area contributed by atoms with Crippen molar-refractivity contribution in [1.82, 2.24) is 4.90 Å². The van der Waals surface area contributed by atoms with Gasteiger partial charge in [0.05, 0.1) is 5.60 Å². The van der Waals surface area contributed by atoms with E-state index < -0.39 is 5.60 Å². The second-order valence-electron chi connectivity index (χ2n) is 4.88. The molecular formula is C13H18N2O2. The summed E-state index contributed by atoms with van der Waals surface area (Å²) in [5.41, 5.74) is 6.39. The van der Waals surface area contributed by atoms with E-state index in [0.717, 1.165) is 5.56 Å². The van der Waals surface area contributed by atoms with Gasteiger partial charge in [0.15, 0.2) is 0 Å². The van der Waals surface area contributed by atoms with E-state index in [1.807, 2.05) is 18.2 Å². The van der Waals surface area contributed by atoms with Crippen LogP contribution in [0.3, 0.4) is 0 Å². The van der Waals surface area contributed by atoms with Crippen LogP contribution in [0, 0.1) is 0 Å². The molecule has 1 amide bonds. The molecule has 1 atom stereocenters. The molecule has 0 saturated carbocycles. The monoisotopic (exact) mass is 234 g/mol. The molecule has 1 saturated heterocycles. The first-order valence-corrected chi connectivity index (χ1v) is 5.82. The lowest BCUT2D eigenvalue weighted by molar-refractivity contribution is 0.0572. The third-order valence-corrected chi connectivity index (χ3v) is 3.15. The number of amides is 1. The van der Waals surface area contributed by atoms with Crippen molar-refractivity contribution in [2.24, 2.45) is 5.73 Å². The van der Waals surface area contributed by atoms with Crippen molar-refractivity contribution in [3.63, 3.8) is 0 Å². The van der Waals surface area contributed by atoms with E-state index in [2.05, 4.69) is 0 Å². The van der Waals surface area contributed by atoms with Crippen LogP contribution in [0.4, 0.5) is 0 Å². The van der Waals surface area contributed by atoms with Gasteiger partial charge in [-0.1, -0.05) is 12.1 Å². The van der Waals surface area contributed by atoms with Gasteiger partial charge in [0.1, 0.15) is 0 Å². The number of likely N-dealkylation sites (tertiary alicyclic amines) is 1. The second-order valence-corrected chi connectivity index (χ2v) is 4.88. The van der Waals surface area contributed by atoms with Gasteiger partial charge in [-0.2, -0.15) is 0 Å². The molecule has 1 aliphatic heterocycles. The summed E-state index contributed by atoms with van der Waals surface area (Å²) in [6.07, 6.45) is 0.634. The van der Waals surface area contributed by atoms with E-state index in [9.17, 15) is 9.90 Å². The zero-order valence-electron chi connectivity index (χ0n) is 10.0. The maximum Gasteiger partial charge on any atom is 0.253 e. The van der Waals surface area contributed by atoms with E-state index in [1.54, 1.807) is 17.9 Å². The van der Waals surface area contributed by atoms with Gasteiger partial charge in [-0.25, -0.2) is 0 Å². The lowest BCUT2D eigenvalue weighted by Gasteiger charge is -2.19. The second kappa shape index (κ2) is 4.47. The van der Waals surface area contributed by atoms with E-state index >= 15 is 0 Å². The highest BCUT2D eigenvalue weighted by Crippen LogP contribution is 2.22. The van der Waals surface area contributed by atoms with Crippen LogP contribution in [0.5, 0.6) is 0 Å². The molecule has 0 aromatic heterocycles. The number of β-amino-alcohol motifs (C(OH)–C–C–N with tert-alkyl or cyclic N) is 1. The molecular weight excluding hydrogens is 216 g/mol. The number of carbonyl (C=O) groups excluding carboxylic acids is 1. The summed E-state index contributed by atoms with van der Waals surface area (Å²) in [5, 5.41) is 9.85. The largest absolute Gasteiger partial charge is 0.388 e. The molecule has 1 unspecified atom stereocenters. The third-order valence-electron chi connectivity index (χ3n) is 3.15. The Labute approximate surface area is 101 Å². The van der Waals surface area contributed by atoms with Crippen LogP contribution >= 0.6 is 0 Å². The van der Waals surface area contributed by atoms with Crippen LogP contribution in [0.25, 0.3) is 0 Å². The van der Waals surface area contributed by atoms with Gasteiger partial charge in [0.2, 0.25) is 0 Å². The maximum atomic E-state index is 12.2. The van der Waals surface area contributed by atoms with Gasteiger partial charge >= 0.3 is 0 Å². The Morgan fingerprint density at radius 1 is 1.59 bits per heavy atom. The van der Waals surface area contributed by atoms with E-state index in [0.29, 0.717) is 31.6 Å². The van der Waals surface area contributed by atoms with Crippen molar-refractivity contribution in [1.29, 1.82) is 0 Å². The topological polar surface area (TPSA) is 66.6 Å². The Hall–Kier alpha value is -1.39. The summed E-state index contributed by atoms with van der Waals surface area (Å²) < 4.78 is 0. The molecule has 92 valence electrons. The zero-order chi connectivity index (χ0) is 12.5. The molecule has 1 aromatic rings. The van der Waals surface area contributed by atoms with Crippen molar-refractivity contribution in [2.45, 2.75) is 25.5 Å². The normalized spacial score (nSPS) is 24.1. The zero-order valence-corrected chi connectivity index (χ0v) is 10.0. The van der Waals surface area contributed by atoms with Crippen molar-refractivity contribution in [3.8, 4) is 0 Å². The molecule has 1 aromatic carbocycles. The van der Waals surface area contributed by atoms with Crippen LogP contribution < -0.4 is 5.73 Å². The van der Waals surface area contributed by atoms with Gasteiger partial charge in [0, 0.05) is 25.2 Å².